The number of amidine groups is 1. The minimum Gasteiger partial charge on any atom is -0.475 e. The van der Waals surface area contributed by atoms with Gasteiger partial charge in [-0.15, -0.1) is 0 Å². The largest absolute Gasteiger partial charge is 0.475 e. The summed E-state index contributed by atoms with van der Waals surface area (Å²) < 4.78 is 25.8. The van der Waals surface area contributed by atoms with Gasteiger partial charge in [-0.2, -0.15) is 0 Å². The molecule has 1 aromatic carbocycles. The Bertz CT molecular complexity index is 1080. The average Bonchev–Trinajstić information content (AvgIpc) is 3.12. The molecule has 1 saturated carbocycles. The summed E-state index contributed by atoms with van der Waals surface area (Å²) in [5.41, 5.74) is 9.61. The zero-order chi connectivity index (χ0) is 22.0. The molecule has 0 bridgehead atoms. The number of hydrogen-bond acceptors (Lipinski definition) is 5. The van der Waals surface area contributed by atoms with Gasteiger partial charge in [-0.1, -0.05) is 19.1 Å². The van der Waals surface area contributed by atoms with E-state index in [2.05, 4.69) is 45.8 Å². The predicted octanol–water partition coefficient (Wildman–Crippen LogP) is 1.73. The number of halogens is 1. The van der Waals surface area contributed by atoms with Crippen molar-refractivity contribution in [3.8, 4) is 11.1 Å². The number of hydrogen-bond donors (Lipinski definition) is 1. The third-order valence-electron chi connectivity index (χ3n) is 7.90. The molecule has 0 saturated heterocycles. The molecule has 5 rings (SSSR count). The number of benzene rings is 1. The fourth-order valence-electron chi connectivity index (χ4n) is 6.79. The summed E-state index contributed by atoms with van der Waals surface area (Å²) in [6.45, 7) is 2.27. The second-order valence-corrected chi connectivity index (χ2v) is 9.99. The summed E-state index contributed by atoms with van der Waals surface area (Å²) in [6, 6.07) is 8.14. The van der Waals surface area contributed by atoms with E-state index in [0.717, 1.165) is 42.4 Å². The molecule has 1 fully saturated rings. The van der Waals surface area contributed by atoms with Crippen LogP contribution in [0.5, 0.6) is 0 Å². The number of fused-ring (bicyclic) bond motifs is 3. The molecule has 2 spiro atoms. The summed E-state index contributed by atoms with van der Waals surface area (Å²) in [7, 11) is 5.99. The van der Waals surface area contributed by atoms with Crippen molar-refractivity contribution >= 4 is 21.7 Å². The molecule has 2 aromatic rings. The van der Waals surface area contributed by atoms with Gasteiger partial charge in [-0.05, 0) is 60.4 Å². The minimum atomic E-state index is -0.596. The molecule has 8 heteroatoms. The summed E-state index contributed by atoms with van der Waals surface area (Å²) in [4.78, 5) is 9.10. The molecule has 1 aromatic heterocycles. The highest BCUT2D eigenvalue weighted by molar-refractivity contribution is 6.41. The van der Waals surface area contributed by atoms with E-state index < -0.39 is 10.9 Å². The van der Waals surface area contributed by atoms with Gasteiger partial charge < -0.3 is 15.2 Å². The first-order chi connectivity index (χ1) is 14.7. The highest BCUT2D eigenvalue weighted by Gasteiger charge is 2.68. The minimum absolute atomic E-state index is 0.104. The first-order valence-electron chi connectivity index (χ1n) is 11.0. The van der Waals surface area contributed by atoms with Crippen LogP contribution in [0.3, 0.4) is 0 Å². The summed E-state index contributed by atoms with van der Waals surface area (Å²) in [5.74, 6) is 0.0624. The summed E-state index contributed by atoms with van der Waals surface area (Å²) in [6.07, 6.45) is 7.07. The first-order valence-corrected chi connectivity index (χ1v) is 11.0. The van der Waals surface area contributed by atoms with Crippen molar-refractivity contribution in [2.45, 2.75) is 49.6 Å². The molecular formula is C23H28B2FN3O2. The maximum atomic E-state index is 13.9. The van der Waals surface area contributed by atoms with Gasteiger partial charge in [-0.25, -0.2) is 9.38 Å². The molecule has 1 aliphatic heterocycles. The lowest BCUT2D eigenvalue weighted by Gasteiger charge is -2.53. The smallest absolute Gasteiger partial charge is 0.282 e. The van der Waals surface area contributed by atoms with Crippen LogP contribution in [0.2, 0.25) is 0 Å². The van der Waals surface area contributed by atoms with Crippen LogP contribution in [0.1, 0.15) is 37.3 Å². The van der Waals surface area contributed by atoms with Crippen molar-refractivity contribution in [1.29, 1.82) is 0 Å². The number of methoxy groups -OCH3 is 1. The number of aromatic nitrogens is 1. The molecule has 5 nitrogen and oxygen atoms in total. The van der Waals surface area contributed by atoms with E-state index in [1.54, 1.807) is 13.3 Å². The second-order valence-electron chi connectivity index (χ2n) is 9.99. The number of nitrogens with two attached hydrogens (primary N) is 1. The maximum Gasteiger partial charge on any atom is 0.282 e. The third-order valence-corrected chi connectivity index (χ3v) is 7.90. The Kier molecular flexibility index (Phi) is 4.53. The zero-order valence-corrected chi connectivity index (χ0v) is 18.6. The van der Waals surface area contributed by atoms with Crippen LogP contribution < -0.4 is 5.73 Å². The van der Waals surface area contributed by atoms with E-state index in [1.165, 1.54) is 17.8 Å². The number of aliphatic imine (C=N–C) groups is 1. The first kappa shape index (κ1) is 20.6. The molecule has 2 heterocycles. The normalized spacial score (nSPS) is 33.3. The van der Waals surface area contributed by atoms with Gasteiger partial charge >= 0.3 is 0 Å². The topological polar surface area (TPSA) is 69.7 Å². The lowest BCUT2D eigenvalue weighted by molar-refractivity contribution is -0.0559. The fourth-order valence-corrected chi connectivity index (χ4v) is 6.79. The van der Waals surface area contributed by atoms with E-state index in [4.69, 9.17) is 20.2 Å². The van der Waals surface area contributed by atoms with Crippen LogP contribution in [0.25, 0.3) is 11.1 Å². The highest BCUT2D eigenvalue weighted by atomic mass is 19.1. The van der Waals surface area contributed by atoms with Gasteiger partial charge in [0.15, 0.2) is 15.7 Å². The van der Waals surface area contributed by atoms with Crippen LogP contribution in [-0.4, -0.2) is 45.3 Å². The lowest BCUT2D eigenvalue weighted by Crippen LogP contribution is -2.60. The molecule has 2 N–H and O–H groups in total. The van der Waals surface area contributed by atoms with Gasteiger partial charge in [0.1, 0.15) is 11.4 Å². The zero-order valence-electron chi connectivity index (χ0n) is 18.6. The highest BCUT2D eigenvalue weighted by Crippen LogP contribution is 2.65. The van der Waals surface area contributed by atoms with Crippen molar-refractivity contribution in [2.24, 2.45) is 22.1 Å². The van der Waals surface area contributed by atoms with Gasteiger partial charge in [-0.3, -0.25) is 4.98 Å². The molecule has 0 amide bonds. The molecule has 31 heavy (non-hydrogen) atoms. The van der Waals surface area contributed by atoms with Crippen LogP contribution in [0, 0.1) is 17.2 Å². The molecule has 0 radical (unpaired) electrons. The molecule has 3 aliphatic rings. The summed E-state index contributed by atoms with van der Waals surface area (Å²) in [5, 5.41) is -0.596. The van der Waals surface area contributed by atoms with Crippen molar-refractivity contribution in [1.82, 2.24) is 4.98 Å². The lowest BCUT2D eigenvalue weighted by atomic mass is 9.44. The molecule has 160 valence electrons. The number of pyridine rings is 1. The Morgan fingerprint density at radius 1 is 1.23 bits per heavy atom. The summed E-state index contributed by atoms with van der Waals surface area (Å²) >= 11 is 0. The fraction of sp³-hybridized carbons (Fsp3) is 0.478. The van der Waals surface area contributed by atoms with E-state index in [0.29, 0.717) is 5.92 Å². The Labute approximate surface area is 184 Å². The average molecular weight is 419 g/mol. The third kappa shape index (κ3) is 2.80. The monoisotopic (exact) mass is 419 g/mol. The number of ether oxygens (including phenoxy) is 2. The van der Waals surface area contributed by atoms with Gasteiger partial charge in [0, 0.05) is 24.3 Å². The standard InChI is InChI=1S/C23H28B2FN3O2/c1-13-9-21(6-5-19(13)30-2)10-15-4-3-14(16-7-17(26)12-28-11-16)8-18(15)22(21)23(24,25)31-20(27)29-22/h3-4,7-8,11-13,19H,5-6,9-10,24-25H2,1-2H3,(H2,27,29)/t13-,19-,21-,22-/m0/s1. The van der Waals surface area contributed by atoms with E-state index in [-0.39, 0.29) is 23.4 Å². The van der Waals surface area contributed by atoms with Crippen molar-refractivity contribution < 1.29 is 13.9 Å². The van der Waals surface area contributed by atoms with Gasteiger partial charge in [0.25, 0.3) is 6.02 Å². The number of nitrogens with zero attached hydrogens (tertiary/aromatic N) is 2. The quantitative estimate of drug-likeness (QED) is 0.754. The van der Waals surface area contributed by atoms with Gasteiger partial charge in [0.05, 0.1) is 17.7 Å². The van der Waals surface area contributed by atoms with Crippen LogP contribution in [0.15, 0.2) is 41.7 Å². The van der Waals surface area contributed by atoms with Crippen molar-refractivity contribution in [3.63, 3.8) is 0 Å². The van der Waals surface area contributed by atoms with Gasteiger partial charge in [0.2, 0.25) is 0 Å². The molecule has 2 aliphatic carbocycles. The van der Waals surface area contributed by atoms with E-state index >= 15 is 0 Å². The SMILES string of the molecule is BC1(B)OC(N)=N[C@]12c1cc(-c3cncc(F)c3)ccc1C[C@@]21CC[C@H](OC)[C@@H](C)C1. The van der Waals surface area contributed by atoms with Crippen LogP contribution >= 0.6 is 0 Å². The van der Waals surface area contributed by atoms with Crippen LogP contribution in [-0.2, 0) is 21.4 Å². The Morgan fingerprint density at radius 2 is 2.03 bits per heavy atom. The predicted molar refractivity (Wildman–Crippen MR) is 124 cm³/mol. The molecule has 0 unspecified atom stereocenters. The second kappa shape index (κ2) is 6.83. The van der Waals surface area contributed by atoms with Crippen LogP contribution in [0.4, 0.5) is 4.39 Å². The van der Waals surface area contributed by atoms with E-state index in [1.807, 2.05) is 0 Å². The molecule has 4 atom stereocenters. The Balaban J connectivity index is 1.70. The molecular weight excluding hydrogens is 391 g/mol. The Hall–Kier alpha value is -2.34. The van der Waals surface area contributed by atoms with E-state index in [9.17, 15) is 4.39 Å². The van der Waals surface area contributed by atoms with Crippen molar-refractivity contribution in [2.75, 3.05) is 7.11 Å². The maximum absolute atomic E-state index is 13.9. The Morgan fingerprint density at radius 3 is 2.68 bits per heavy atom. The number of rotatable bonds is 2. The van der Waals surface area contributed by atoms with Crippen molar-refractivity contribution in [3.05, 3.63) is 53.6 Å².